The highest BCUT2D eigenvalue weighted by Crippen LogP contribution is 2.25. The van der Waals surface area contributed by atoms with Crippen molar-refractivity contribution in [1.29, 1.82) is 0 Å². The molecule has 0 saturated heterocycles. The average molecular weight is 448 g/mol. The van der Waals surface area contributed by atoms with Crippen molar-refractivity contribution in [3.8, 4) is 0 Å². The standard InChI is InChI=1S/C25H22F2N4O2/c1-31-21-10-6-5-9-20(21)29-24(31)23(16-7-3-2-4-8-16)30-22(32)13-14-28-25(33)18-12-11-17(26)15-19(18)27/h2-12,15,23H,13-14H2,1H3,(H,28,33)(H,30,32). The molecule has 0 aliphatic heterocycles. The Kier molecular flexibility index (Phi) is 6.44. The zero-order chi connectivity index (χ0) is 23.4. The summed E-state index contributed by atoms with van der Waals surface area (Å²) in [5.74, 6) is -2.07. The number of imidazole rings is 1. The van der Waals surface area contributed by atoms with E-state index in [4.69, 9.17) is 4.98 Å². The summed E-state index contributed by atoms with van der Waals surface area (Å²) in [5, 5.41) is 5.48. The molecule has 0 radical (unpaired) electrons. The van der Waals surface area contributed by atoms with Gasteiger partial charge in [-0.15, -0.1) is 0 Å². The number of carbonyl (C=O) groups excluding carboxylic acids is 2. The van der Waals surface area contributed by atoms with E-state index in [1.807, 2.05) is 66.2 Å². The molecule has 0 spiro atoms. The largest absolute Gasteiger partial charge is 0.351 e. The number of carbonyl (C=O) groups is 2. The maximum Gasteiger partial charge on any atom is 0.254 e. The summed E-state index contributed by atoms with van der Waals surface area (Å²) >= 11 is 0. The van der Waals surface area contributed by atoms with Crippen LogP contribution in [-0.4, -0.2) is 27.9 Å². The maximum absolute atomic E-state index is 13.8. The second-order valence-electron chi connectivity index (χ2n) is 7.56. The fourth-order valence-electron chi connectivity index (χ4n) is 3.66. The summed E-state index contributed by atoms with van der Waals surface area (Å²) in [6.07, 6.45) is -0.0260. The van der Waals surface area contributed by atoms with Crippen LogP contribution >= 0.6 is 0 Å². The van der Waals surface area contributed by atoms with E-state index >= 15 is 0 Å². The topological polar surface area (TPSA) is 76.0 Å². The highest BCUT2D eigenvalue weighted by molar-refractivity contribution is 5.94. The summed E-state index contributed by atoms with van der Waals surface area (Å²) in [5.41, 5.74) is 2.34. The molecule has 0 aliphatic rings. The van der Waals surface area contributed by atoms with Gasteiger partial charge in [-0.1, -0.05) is 42.5 Å². The molecule has 4 aromatic rings. The van der Waals surface area contributed by atoms with Crippen molar-refractivity contribution in [1.82, 2.24) is 20.2 Å². The molecule has 1 atom stereocenters. The van der Waals surface area contributed by atoms with Gasteiger partial charge in [-0.25, -0.2) is 13.8 Å². The number of halogens is 2. The summed E-state index contributed by atoms with van der Waals surface area (Å²) in [4.78, 5) is 29.6. The Morgan fingerprint density at radius 1 is 1.00 bits per heavy atom. The lowest BCUT2D eigenvalue weighted by Gasteiger charge is -2.19. The van der Waals surface area contributed by atoms with Gasteiger partial charge in [0, 0.05) is 26.1 Å². The van der Waals surface area contributed by atoms with E-state index in [-0.39, 0.29) is 24.4 Å². The zero-order valence-electron chi connectivity index (χ0n) is 17.9. The van der Waals surface area contributed by atoms with Crippen LogP contribution in [-0.2, 0) is 11.8 Å². The monoisotopic (exact) mass is 448 g/mol. The van der Waals surface area contributed by atoms with E-state index < -0.39 is 23.6 Å². The number of benzene rings is 3. The molecule has 2 N–H and O–H groups in total. The predicted octanol–water partition coefficient (Wildman–Crippen LogP) is 3.88. The van der Waals surface area contributed by atoms with Crippen LogP contribution in [0.5, 0.6) is 0 Å². The van der Waals surface area contributed by atoms with Gasteiger partial charge in [0.05, 0.1) is 16.6 Å². The minimum absolute atomic E-state index is 0.00840. The number of nitrogens with one attached hydrogen (secondary N) is 2. The Balaban J connectivity index is 1.47. The third kappa shape index (κ3) is 4.90. The molecule has 0 saturated carbocycles. The van der Waals surface area contributed by atoms with Gasteiger partial charge in [-0.05, 0) is 29.8 Å². The third-order valence-corrected chi connectivity index (χ3v) is 5.33. The van der Waals surface area contributed by atoms with Crippen LogP contribution in [0.3, 0.4) is 0 Å². The molecule has 4 rings (SSSR count). The van der Waals surface area contributed by atoms with Crippen LogP contribution in [0.15, 0.2) is 72.8 Å². The van der Waals surface area contributed by atoms with Crippen LogP contribution < -0.4 is 10.6 Å². The molecule has 0 aliphatic carbocycles. The number of nitrogens with zero attached hydrogens (tertiary/aromatic N) is 2. The van der Waals surface area contributed by atoms with Gasteiger partial charge in [0.25, 0.3) is 5.91 Å². The summed E-state index contributed by atoms with van der Waals surface area (Å²) in [7, 11) is 1.89. The van der Waals surface area contributed by atoms with Crippen LogP contribution in [0.1, 0.15) is 34.2 Å². The van der Waals surface area contributed by atoms with Crippen molar-refractivity contribution >= 4 is 22.8 Å². The number of aromatic nitrogens is 2. The molecule has 0 bridgehead atoms. The van der Waals surface area contributed by atoms with Crippen molar-refractivity contribution in [2.24, 2.45) is 7.05 Å². The highest BCUT2D eigenvalue weighted by Gasteiger charge is 2.22. The lowest BCUT2D eigenvalue weighted by molar-refractivity contribution is -0.121. The number of para-hydroxylation sites is 2. The quantitative estimate of drug-likeness (QED) is 0.451. The second kappa shape index (κ2) is 9.60. The number of rotatable bonds is 7. The van der Waals surface area contributed by atoms with Crippen LogP contribution in [0.2, 0.25) is 0 Å². The van der Waals surface area contributed by atoms with Crippen LogP contribution in [0.4, 0.5) is 8.78 Å². The highest BCUT2D eigenvalue weighted by atomic mass is 19.1. The first kappa shape index (κ1) is 22.1. The average Bonchev–Trinajstić information content (AvgIpc) is 3.14. The van der Waals surface area contributed by atoms with Gasteiger partial charge in [0.2, 0.25) is 5.91 Å². The molecule has 1 aromatic heterocycles. The molecule has 168 valence electrons. The normalized spacial score (nSPS) is 11.8. The number of hydrogen-bond acceptors (Lipinski definition) is 3. The molecular weight excluding hydrogens is 426 g/mol. The van der Waals surface area contributed by atoms with E-state index in [2.05, 4.69) is 10.6 Å². The number of hydrogen-bond donors (Lipinski definition) is 2. The van der Waals surface area contributed by atoms with Crippen LogP contribution in [0, 0.1) is 11.6 Å². The SMILES string of the molecule is Cn1c(C(NC(=O)CCNC(=O)c2ccc(F)cc2F)c2ccccc2)nc2ccccc21. The van der Waals surface area contributed by atoms with Gasteiger partial charge < -0.3 is 15.2 Å². The molecule has 0 fully saturated rings. The molecule has 6 nitrogen and oxygen atoms in total. The zero-order valence-corrected chi connectivity index (χ0v) is 17.9. The van der Waals surface area contributed by atoms with Gasteiger partial charge in [0.1, 0.15) is 23.5 Å². The van der Waals surface area contributed by atoms with Crippen molar-refractivity contribution in [3.05, 3.63) is 101 Å². The summed E-state index contributed by atoms with van der Waals surface area (Å²) in [6, 6.07) is 19.4. The van der Waals surface area contributed by atoms with Gasteiger partial charge >= 0.3 is 0 Å². The van der Waals surface area contributed by atoms with Crippen molar-refractivity contribution in [2.75, 3.05) is 6.54 Å². The molecular formula is C25H22F2N4O2. The molecule has 3 aromatic carbocycles. The summed E-state index contributed by atoms with van der Waals surface area (Å²) < 4.78 is 28.7. The number of aryl methyl sites for hydroxylation is 1. The van der Waals surface area contributed by atoms with Crippen molar-refractivity contribution < 1.29 is 18.4 Å². The van der Waals surface area contributed by atoms with Gasteiger partial charge in [0.15, 0.2) is 0 Å². The first-order chi connectivity index (χ1) is 15.9. The Bertz CT molecular complexity index is 1300. The second-order valence-corrected chi connectivity index (χ2v) is 7.56. The fraction of sp³-hybridized carbons (Fsp3) is 0.160. The Morgan fingerprint density at radius 2 is 1.73 bits per heavy atom. The third-order valence-electron chi connectivity index (χ3n) is 5.33. The Hall–Kier alpha value is -4.07. The Labute approximate surface area is 189 Å². The van der Waals surface area contributed by atoms with Crippen molar-refractivity contribution in [3.63, 3.8) is 0 Å². The van der Waals surface area contributed by atoms with E-state index in [1.165, 1.54) is 0 Å². The molecule has 1 heterocycles. The molecule has 2 amide bonds. The van der Waals surface area contributed by atoms with E-state index in [9.17, 15) is 18.4 Å². The smallest absolute Gasteiger partial charge is 0.254 e. The Morgan fingerprint density at radius 3 is 2.45 bits per heavy atom. The fourth-order valence-corrected chi connectivity index (χ4v) is 3.66. The number of fused-ring (bicyclic) bond motifs is 1. The minimum atomic E-state index is -0.956. The maximum atomic E-state index is 13.8. The van der Waals surface area contributed by atoms with E-state index in [1.54, 1.807) is 0 Å². The van der Waals surface area contributed by atoms with E-state index in [0.717, 1.165) is 28.7 Å². The molecule has 33 heavy (non-hydrogen) atoms. The van der Waals surface area contributed by atoms with Gasteiger partial charge in [-0.2, -0.15) is 0 Å². The van der Waals surface area contributed by atoms with Gasteiger partial charge in [-0.3, -0.25) is 9.59 Å². The minimum Gasteiger partial charge on any atom is -0.351 e. The van der Waals surface area contributed by atoms with E-state index in [0.29, 0.717) is 11.9 Å². The predicted molar refractivity (Wildman–Crippen MR) is 120 cm³/mol. The van der Waals surface area contributed by atoms with Crippen molar-refractivity contribution in [2.45, 2.75) is 12.5 Å². The lowest BCUT2D eigenvalue weighted by Crippen LogP contribution is -2.34. The first-order valence-corrected chi connectivity index (χ1v) is 10.4. The lowest BCUT2D eigenvalue weighted by atomic mass is 10.1. The molecule has 8 heteroatoms. The summed E-state index contributed by atoms with van der Waals surface area (Å²) in [6.45, 7) is -0.00840. The number of amides is 2. The van der Waals surface area contributed by atoms with Crippen LogP contribution in [0.25, 0.3) is 11.0 Å². The molecule has 1 unspecified atom stereocenters. The first-order valence-electron chi connectivity index (χ1n) is 10.4.